The number of carbonyl (C=O) groups is 1. The van der Waals surface area contributed by atoms with Crippen LogP contribution in [0.5, 0.6) is 5.75 Å². The van der Waals surface area contributed by atoms with Gasteiger partial charge < -0.3 is 9.64 Å². The van der Waals surface area contributed by atoms with Crippen LogP contribution < -0.4 is 14.6 Å². The summed E-state index contributed by atoms with van der Waals surface area (Å²) in [6, 6.07) is 8.27. The maximum Gasteiger partial charge on any atom is 0.419 e. The van der Waals surface area contributed by atoms with Crippen LogP contribution in [-0.2, 0) is 11.0 Å². The number of anilines is 1. The molecule has 2 heterocycles. The Morgan fingerprint density at radius 2 is 1.82 bits per heavy atom. The van der Waals surface area contributed by atoms with Crippen LogP contribution >= 0.6 is 0 Å². The predicted molar refractivity (Wildman–Crippen MR) is 98.2 cm³/mol. The Balaban J connectivity index is 1.51. The van der Waals surface area contributed by atoms with Crippen LogP contribution in [-0.4, -0.2) is 43.6 Å². The second-order valence-corrected chi connectivity index (χ2v) is 6.89. The zero-order valence-corrected chi connectivity index (χ0v) is 15.8. The lowest BCUT2D eigenvalue weighted by Gasteiger charge is -2.31. The molecule has 0 radical (unpaired) electrons. The molecule has 1 aromatic carbocycles. The Bertz CT molecular complexity index is 830. The van der Waals surface area contributed by atoms with Crippen molar-refractivity contribution in [2.75, 3.05) is 37.7 Å². The summed E-state index contributed by atoms with van der Waals surface area (Å²) >= 11 is 0. The van der Waals surface area contributed by atoms with Gasteiger partial charge in [0.05, 0.1) is 18.7 Å². The van der Waals surface area contributed by atoms with E-state index in [2.05, 4.69) is 4.98 Å². The molecular weight excluding hydrogens is 371 g/mol. The third-order valence-electron chi connectivity index (χ3n) is 4.78. The van der Waals surface area contributed by atoms with Crippen LogP contribution in [0.2, 0.25) is 0 Å². The van der Waals surface area contributed by atoms with Gasteiger partial charge in [0.1, 0.15) is 25.0 Å². The Morgan fingerprint density at radius 1 is 1.11 bits per heavy atom. The number of nitrogens with one attached hydrogen (secondary N) is 1. The lowest BCUT2D eigenvalue weighted by atomic mass is 10.1. The number of aromatic amines is 1. The third kappa shape index (κ3) is 4.74. The maximum atomic E-state index is 12.7. The molecule has 28 heavy (non-hydrogen) atoms. The summed E-state index contributed by atoms with van der Waals surface area (Å²) in [5.41, 5.74) is 1.40. The van der Waals surface area contributed by atoms with Gasteiger partial charge in [-0.2, -0.15) is 13.2 Å². The Morgan fingerprint density at radius 3 is 2.39 bits per heavy atom. The standard InChI is InChI=1S/C20H22F3N3O2/c1-14-3-5-17(15(2)11-14)28-13-19(27)26-9-7-25(8-10-26)18-6-4-16(12-24-18)20(21,22)23/h3-6,11-12H,7-10,13H2,1-2H3/p+1. The summed E-state index contributed by atoms with van der Waals surface area (Å²) in [6.07, 6.45) is -3.40. The lowest BCUT2D eigenvalue weighted by molar-refractivity contribution is -0.367. The van der Waals surface area contributed by atoms with Crippen LogP contribution in [0.4, 0.5) is 19.0 Å². The molecule has 0 spiro atoms. The minimum atomic E-state index is -4.37. The minimum Gasteiger partial charge on any atom is -0.484 e. The lowest BCUT2D eigenvalue weighted by Crippen LogP contribution is -2.51. The van der Waals surface area contributed by atoms with Crippen LogP contribution in [0.15, 0.2) is 36.5 Å². The number of hydrogen-bond donors (Lipinski definition) is 0. The van der Waals surface area contributed by atoms with Gasteiger partial charge in [-0.3, -0.25) is 9.69 Å². The highest BCUT2D eigenvalue weighted by molar-refractivity contribution is 5.78. The van der Waals surface area contributed by atoms with E-state index >= 15 is 0 Å². The Labute approximate surface area is 161 Å². The number of halogens is 3. The van der Waals surface area contributed by atoms with Gasteiger partial charge in [0.25, 0.3) is 11.7 Å². The fourth-order valence-corrected chi connectivity index (χ4v) is 3.18. The van der Waals surface area contributed by atoms with Crippen molar-refractivity contribution in [1.82, 2.24) is 4.90 Å². The van der Waals surface area contributed by atoms with Crippen molar-refractivity contribution < 1.29 is 27.7 Å². The van der Waals surface area contributed by atoms with Crippen molar-refractivity contribution in [3.8, 4) is 5.75 Å². The SMILES string of the molecule is Cc1ccc(OCC(=O)N2CCN(c3ccc(C(F)(F)F)c[nH+]3)CC2)c(C)c1. The Hall–Kier alpha value is -2.77. The zero-order valence-electron chi connectivity index (χ0n) is 15.8. The number of aryl methyl sites for hydroxylation is 2. The van der Waals surface area contributed by atoms with Gasteiger partial charge in [-0.05, 0) is 31.5 Å². The molecule has 8 heteroatoms. The molecule has 0 unspecified atom stereocenters. The molecule has 1 fully saturated rings. The molecule has 5 nitrogen and oxygen atoms in total. The van der Waals surface area contributed by atoms with Gasteiger partial charge in [0.15, 0.2) is 6.61 Å². The van der Waals surface area contributed by atoms with Crippen LogP contribution in [0, 0.1) is 13.8 Å². The summed E-state index contributed by atoms with van der Waals surface area (Å²) < 4.78 is 43.6. The number of aromatic nitrogens is 1. The molecule has 2 aromatic rings. The minimum absolute atomic E-state index is 0.0314. The second-order valence-electron chi connectivity index (χ2n) is 6.89. The molecule has 1 aliphatic heterocycles. The smallest absolute Gasteiger partial charge is 0.419 e. The summed E-state index contributed by atoms with van der Waals surface area (Å²) in [4.78, 5) is 18.7. The van der Waals surface area contributed by atoms with Crippen LogP contribution in [0.25, 0.3) is 0 Å². The second kappa shape index (κ2) is 8.08. The van der Waals surface area contributed by atoms with Gasteiger partial charge >= 0.3 is 6.18 Å². The zero-order chi connectivity index (χ0) is 20.3. The van der Waals surface area contributed by atoms with E-state index < -0.39 is 11.7 Å². The van der Waals surface area contributed by atoms with Crippen molar-refractivity contribution in [1.29, 1.82) is 0 Å². The van der Waals surface area contributed by atoms with Gasteiger partial charge in [-0.15, -0.1) is 0 Å². The molecular formula is C20H23F3N3O2+. The highest BCUT2D eigenvalue weighted by atomic mass is 19.4. The molecule has 0 bridgehead atoms. The topological polar surface area (TPSA) is 46.9 Å². The maximum absolute atomic E-state index is 12.7. The molecule has 1 amide bonds. The predicted octanol–water partition coefficient (Wildman–Crippen LogP) is 2.86. The third-order valence-corrected chi connectivity index (χ3v) is 4.78. The van der Waals surface area contributed by atoms with Gasteiger partial charge in [-0.1, -0.05) is 17.7 Å². The number of alkyl halides is 3. The van der Waals surface area contributed by atoms with E-state index in [0.717, 1.165) is 23.4 Å². The quantitative estimate of drug-likeness (QED) is 0.801. The van der Waals surface area contributed by atoms with Crippen LogP contribution in [0.1, 0.15) is 16.7 Å². The molecule has 1 N–H and O–H groups in total. The molecule has 0 atom stereocenters. The molecule has 1 aliphatic rings. The number of benzene rings is 1. The molecule has 0 aliphatic carbocycles. The van der Waals surface area contributed by atoms with Crippen molar-refractivity contribution in [2.45, 2.75) is 20.0 Å². The molecule has 1 aromatic heterocycles. The number of hydrogen-bond acceptors (Lipinski definition) is 3. The molecule has 150 valence electrons. The summed E-state index contributed by atoms with van der Waals surface area (Å²) in [7, 11) is 0. The van der Waals surface area contributed by atoms with Crippen molar-refractivity contribution in [3.05, 3.63) is 53.2 Å². The number of H-pyrrole nitrogens is 1. The van der Waals surface area contributed by atoms with E-state index in [4.69, 9.17) is 4.74 Å². The largest absolute Gasteiger partial charge is 0.484 e. The first-order valence-electron chi connectivity index (χ1n) is 9.06. The van der Waals surface area contributed by atoms with E-state index in [-0.39, 0.29) is 12.5 Å². The summed E-state index contributed by atoms with van der Waals surface area (Å²) in [5, 5.41) is 0. The monoisotopic (exact) mass is 394 g/mol. The van der Waals surface area contributed by atoms with Crippen LogP contribution in [0.3, 0.4) is 0 Å². The first-order chi connectivity index (χ1) is 13.2. The van der Waals surface area contributed by atoms with Gasteiger partial charge in [0.2, 0.25) is 0 Å². The number of nitrogens with zero attached hydrogens (tertiary/aromatic N) is 2. The normalized spacial score (nSPS) is 14.9. The van der Waals surface area contributed by atoms with E-state index in [1.54, 1.807) is 4.90 Å². The highest BCUT2D eigenvalue weighted by Gasteiger charge is 2.33. The van der Waals surface area contributed by atoms with E-state index in [1.165, 1.54) is 6.07 Å². The summed E-state index contributed by atoms with van der Waals surface area (Å²) in [6.45, 7) is 5.96. The molecule has 0 saturated carbocycles. The van der Waals surface area contributed by atoms with Crippen molar-refractivity contribution >= 4 is 11.7 Å². The average Bonchev–Trinajstić information content (AvgIpc) is 2.67. The van der Waals surface area contributed by atoms with Crippen molar-refractivity contribution in [3.63, 3.8) is 0 Å². The number of carbonyl (C=O) groups excluding carboxylic acids is 1. The first kappa shape index (κ1) is 20.0. The number of amides is 1. The van der Waals surface area contributed by atoms with E-state index in [0.29, 0.717) is 37.7 Å². The molecule has 1 saturated heterocycles. The molecule has 3 rings (SSSR count). The Kier molecular flexibility index (Phi) is 5.76. The van der Waals surface area contributed by atoms with E-state index in [1.807, 2.05) is 36.9 Å². The highest BCUT2D eigenvalue weighted by Crippen LogP contribution is 2.28. The van der Waals surface area contributed by atoms with E-state index in [9.17, 15) is 18.0 Å². The number of ether oxygens (including phenoxy) is 1. The average molecular weight is 394 g/mol. The fraction of sp³-hybridized carbons (Fsp3) is 0.400. The van der Waals surface area contributed by atoms with Gasteiger partial charge in [-0.25, -0.2) is 4.98 Å². The number of piperazine rings is 1. The van der Waals surface area contributed by atoms with Gasteiger partial charge in [0, 0.05) is 6.07 Å². The van der Waals surface area contributed by atoms with Crippen molar-refractivity contribution in [2.24, 2.45) is 0 Å². The number of rotatable bonds is 4. The fourth-order valence-electron chi connectivity index (χ4n) is 3.18. The number of pyridine rings is 1. The summed E-state index contributed by atoms with van der Waals surface area (Å²) in [5.74, 6) is 1.19. The first-order valence-corrected chi connectivity index (χ1v) is 9.06.